The van der Waals surface area contributed by atoms with Gasteiger partial charge in [-0.25, -0.2) is 9.69 Å². The predicted molar refractivity (Wildman–Crippen MR) is 62.5 cm³/mol. The Balaban J connectivity index is 1.46. The lowest BCUT2D eigenvalue weighted by molar-refractivity contribution is -0.129. The third-order valence-corrected chi connectivity index (χ3v) is 6.42. The van der Waals surface area contributed by atoms with Crippen LogP contribution in [-0.4, -0.2) is 34.9 Å². The molecule has 1 heterocycles. The third kappa shape index (κ3) is 1.23. The van der Waals surface area contributed by atoms with Crippen LogP contribution < -0.4 is 0 Å². The van der Waals surface area contributed by atoms with Gasteiger partial charge in [-0.2, -0.15) is 0 Å². The van der Waals surface area contributed by atoms with Gasteiger partial charge in [0, 0.05) is 11.2 Å². The summed E-state index contributed by atoms with van der Waals surface area (Å²) in [6.45, 7) is 0.790. The normalized spacial score (nSPS) is 49.7. The average molecular weight is 300 g/mol. The number of alkyl halides is 1. The van der Waals surface area contributed by atoms with Crippen molar-refractivity contribution in [3.05, 3.63) is 0 Å². The summed E-state index contributed by atoms with van der Waals surface area (Å²) < 4.78 is 4.80. The van der Waals surface area contributed by atoms with Crippen molar-refractivity contribution in [3.63, 3.8) is 0 Å². The molecule has 1 saturated heterocycles. The lowest BCUT2D eigenvalue weighted by atomic mass is 9.94. The largest absolute Gasteiger partial charge is 0.447 e. The van der Waals surface area contributed by atoms with Crippen LogP contribution in [0.1, 0.15) is 12.8 Å². The van der Waals surface area contributed by atoms with Crippen molar-refractivity contribution in [2.45, 2.75) is 17.7 Å². The Labute approximate surface area is 108 Å². The van der Waals surface area contributed by atoms with E-state index >= 15 is 0 Å². The van der Waals surface area contributed by atoms with Crippen LogP contribution in [0.5, 0.6) is 0 Å². The van der Waals surface area contributed by atoms with E-state index in [0.717, 1.165) is 17.8 Å². The van der Waals surface area contributed by atoms with Gasteiger partial charge in [-0.1, -0.05) is 15.9 Å². The zero-order valence-electron chi connectivity index (χ0n) is 9.34. The number of halogens is 1. The third-order valence-electron chi connectivity index (χ3n) is 5.13. The molecule has 0 aromatic rings. The first kappa shape index (κ1) is 10.4. The topological polar surface area (TPSA) is 46.6 Å². The molecule has 0 aromatic carbocycles. The molecule has 0 aromatic heterocycles. The van der Waals surface area contributed by atoms with Gasteiger partial charge in [-0.15, -0.1) is 0 Å². The highest BCUT2D eigenvalue weighted by Gasteiger charge is 2.72. The van der Waals surface area contributed by atoms with Crippen LogP contribution in [0.3, 0.4) is 0 Å². The quantitative estimate of drug-likeness (QED) is 0.728. The van der Waals surface area contributed by atoms with E-state index in [1.807, 2.05) is 0 Å². The summed E-state index contributed by atoms with van der Waals surface area (Å²) in [6.07, 6.45) is 1.37. The molecule has 2 amide bonds. The minimum absolute atomic E-state index is 0.0320. The summed E-state index contributed by atoms with van der Waals surface area (Å²) in [7, 11) is 0. The lowest BCUT2D eigenvalue weighted by Crippen LogP contribution is -2.33. The number of imide groups is 1. The Morgan fingerprint density at radius 3 is 2.71 bits per heavy atom. The highest BCUT2D eigenvalue weighted by atomic mass is 79.9. The molecule has 4 aliphatic carbocycles. The molecule has 4 saturated carbocycles. The van der Waals surface area contributed by atoms with Crippen molar-refractivity contribution >= 4 is 27.9 Å². The van der Waals surface area contributed by atoms with E-state index in [2.05, 4.69) is 15.9 Å². The zero-order valence-corrected chi connectivity index (χ0v) is 10.9. The van der Waals surface area contributed by atoms with Crippen LogP contribution in [0.2, 0.25) is 0 Å². The van der Waals surface area contributed by atoms with Crippen molar-refractivity contribution in [2.75, 3.05) is 13.2 Å². The molecule has 17 heavy (non-hydrogen) atoms. The van der Waals surface area contributed by atoms with Crippen LogP contribution in [0.4, 0.5) is 4.79 Å². The van der Waals surface area contributed by atoms with Crippen molar-refractivity contribution in [1.82, 2.24) is 4.90 Å². The molecule has 4 bridgehead atoms. The maximum Gasteiger partial charge on any atom is 0.416 e. The van der Waals surface area contributed by atoms with Gasteiger partial charge < -0.3 is 4.74 Å². The second-order valence-electron chi connectivity index (χ2n) is 5.69. The van der Waals surface area contributed by atoms with Crippen LogP contribution in [-0.2, 0) is 9.53 Å². The first-order valence-corrected chi connectivity index (χ1v) is 7.21. The number of ether oxygens (including phenoxy) is 1. The number of amides is 2. The number of rotatable bonds is 2. The molecular formula is C12H14BrNO3. The van der Waals surface area contributed by atoms with Gasteiger partial charge in [0.25, 0.3) is 0 Å². The van der Waals surface area contributed by atoms with Crippen LogP contribution in [0, 0.1) is 29.6 Å². The Bertz CT molecular complexity index is 413. The first-order chi connectivity index (χ1) is 8.18. The molecule has 0 N–H and O–H groups in total. The molecule has 5 fully saturated rings. The molecular weight excluding hydrogens is 286 g/mol. The minimum Gasteiger partial charge on any atom is -0.447 e. The Hall–Kier alpha value is -0.580. The summed E-state index contributed by atoms with van der Waals surface area (Å²) in [5, 5.41) is 0. The summed E-state index contributed by atoms with van der Waals surface area (Å²) in [5.41, 5.74) is 0. The Kier molecular flexibility index (Phi) is 1.98. The standard InChI is InChI=1S/C12H14BrNO3/c13-11-6-3-7-9(10(7)11)5(6)4-8(15)14-1-2-17-12(14)16/h5-7,9-11H,1-4H2/t5-,6+,7+,9?,10?,11-/m0/s1. The number of hydrogen-bond acceptors (Lipinski definition) is 3. The van der Waals surface area contributed by atoms with E-state index in [1.165, 1.54) is 11.3 Å². The average Bonchev–Trinajstić information content (AvgIpc) is 2.64. The van der Waals surface area contributed by atoms with E-state index in [9.17, 15) is 9.59 Å². The van der Waals surface area contributed by atoms with Crippen LogP contribution in [0.25, 0.3) is 0 Å². The number of carbonyl (C=O) groups is 2. The fraction of sp³-hybridized carbons (Fsp3) is 0.833. The Morgan fingerprint density at radius 1 is 1.41 bits per heavy atom. The van der Waals surface area contributed by atoms with Crippen molar-refractivity contribution in [3.8, 4) is 0 Å². The molecule has 5 rings (SSSR count). The van der Waals surface area contributed by atoms with Crippen molar-refractivity contribution < 1.29 is 14.3 Å². The first-order valence-electron chi connectivity index (χ1n) is 6.29. The number of cyclic esters (lactones) is 1. The maximum atomic E-state index is 12.1. The summed E-state index contributed by atoms with van der Waals surface area (Å²) in [4.78, 5) is 25.3. The van der Waals surface area contributed by atoms with E-state index in [1.54, 1.807) is 0 Å². The molecule has 0 spiro atoms. The molecule has 5 heteroatoms. The summed E-state index contributed by atoms with van der Waals surface area (Å²) in [6, 6.07) is 0. The second-order valence-corrected chi connectivity index (χ2v) is 6.75. The number of carbonyl (C=O) groups excluding carboxylic acids is 2. The molecule has 5 aliphatic rings. The lowest BCUT2D eigenvalue weighted by Gasteiger charge is -2.18. The molecule has 0 radical (unpaired) electrons. The molecule has 4 nitrogen and oxygen atoms in total. The van der Waals surface area contributed by atoms with Gasteiger partial charge in [0.05, 0.1) is 6.54 Å². The van der Waals surface area contributed by atoms with Gasteiger partial charge in [0.1, 0.15) is 6.61 Å². The SMILES string of the molecule is O=C(C[C@@H]1C2C3[C@@H]2C[C@H]1[C@@H]3Br)N1CCOC1=O. The smallest absolute Gasteiger partial charge is 0.416 e. The van der Waals surface area contributed by atoms with Gasteiger partial charge in [0.15, 0.2) is 0 Å². The van der Waals surface area contributed by atoms with E-state index in [4.69, 9.17) is 4.74 Å². The summed E-state index contributed by atoms with van der Waals surface area (Å²) in [5.74, 6) is 3.59. The fourth-order valence-electron chi connectivity index (χ4n) is 4.44. The van der Waals surface area contributed by atoms with E-state index in [0.29, 0.717) is 36.2 Å². The van der Waals surface area contributed by atoms with E-state index in [-0.39, 0.29) is 5.91 Å². The monoisotopic (exact) mass is 299 g/mol. The molecule has 6 atom stereocenters. The minimum atomic E-state index is -0.455. The molecule has 92 valence electrons. The maximum absolute atomic E-state index is 12.1. The van der Waals surface area contributed by atoms with E-state index < -0.39 is 6.09 Å². The van der Waals surface area contributed by atoms with Gasteiger partial charge in [-0.05, 0) is 36.0 Å². The zero-order chi connectivity index (χ0) is 11.7. The van der Waals surface area contributed by atoms with Crippen LogP contribution in [0.15, 0.2) is 0 Å². The highest BCUT2D eigenvalue weighted by Crippen LogP contribution is 2.75. The van der Waals surface area contributed by atoms with Gasteiger partial charge in [0.2, 0.25) is 5.91 Å². The highest BCUT2D eigenvalue weighted by molar-refractivity contribution is 9.09. The van der Waals surface area contributed by atoms with Gasteiger partial charge in [-0.3, -0.25) is 4.79 Å². The number of nitrogens with zero attached hydrogens (tertiary/aromatic N) is 1. The predicted octanol–water partition coefficient (Wildman–Crippen LogP) is 1.63. The second kappa shape index (κ2) is 3.25. The number of hydrogen-bond donors (Lipinski definition) is 0. The molecule has 1 aliphatic heterocycles. The Morgan fingerprint density at radius 2 is 2.24 bits per heavy atom. The van der Waals surface area contributed by atoms with Crippen molar-refractivity contribution in [1.29, 1.82) is 0 Å². The summed E-state index contributed by atoms with van der Waals surface area (Å²) >= 11 is 3.76. The fourth-order valence-corrected chi connectivity index (χ4v) is 5.79. The van der Waals surface area contributed by atoms with Gasteiger partial charge >= 0.3 is 6.09 Å². The van der Waals surface area contributed by atoms with Crippen LogP contribution >= 0.6 is 15.9 Å². The van der Waals surface area contributed by atoms with Crippen molar-refractivity contribution in [2.24, 2.45) is 29.6 Å². The molecule has 2 unspecified atom stereocenters.